The molecule has 2 unspecified atom stereocenters. The third kappa shape index (κ3) is 4.79. The van der Waals surface area contributed by atoms with Crippen molar-refractivity contribution in [3.8, 4) is 5.75 Å². The van der Waals surface area contributed by atoms with Gasteiger partial charge in [0.1, 0.15) is 24.3 Å². The molecule has 1 aliphatic heterocycles. The molecular formula is C18H24FN3O2. The number of benzene rings is 1. The Balaban J connectivity index is 1.49. The van der Waals surface area contributed by atoms with Gasteiger partial charge in [0, 0.05) is 25.0 Å². The van der Waals surface area contributed by atoms with Crippen LogP contribution in [0.5, 0.6) is 5.75 Å². The molecule has 0 bridgehead atoms. The van der Waals surface area contributed by atoms with Crippen LogP contribution in [0.25, 0.3) is 0 Å². The highest BCUT2D eigenvalue weighted by atomic mass is 19.1. The van der Waals surface area contributed by atoms with Gasteiger partial charge in [-0.3, -0.25) is 9.58 Å². The molecule has 0 saturated carbocycles. The van der Waals surface area contributed by atoms with Crippen molar-refractivity contribution < 1.29 is 14.2 Å². The Morgan fingerprint density at radius 1 is 1.29 bits per heavy atom. The molecule has 1 N–H and O–H groups in total. The van der Waals surface area contributed by atoms with E-state index in [0.717, 1.165) is 25.9 Å². The topological polar surface area (TPSA) is 50.5 Å². The number of hydrogen-bond donors (Lipinski definition) is 1. The summed E-state index contributed by atoms with van der Waals surface area (Å²) in [5.41, 5.74) is 0. The average Bonchev–Trinajstić information content (AvgIpc) is 3.09. The van der Waals surface area contributed by atoms with Gasteiger partial charge in [-0.1, -0.05) is 6.42 Å². The van der Waals surface area contributed by atoms with Gasteiger partial charge >= 0.3 is 0 Å². The molecule has 0 radical (unpaired) electrons. The Hall–Kier alpha value is -1.92. The molecule has 130 valence electrons. The number of likely N-dealkylation sites (tertiary alicyclic amines) is 1. The number of halogens is 1. The fraction of sp³-hybridized carbons (Fsp3) is 0.500. The molecule has 6 heteroatoms. The number of hydrogen-bond acceptors (Lipinski definition) is 4. The van der Waals surface area contributed by atoms with Gasteiger partial charge in [0.2, 0.25) is 0 Å². The van der Waals surface area contributed by atoms with Gasteiger partial charge in [-0.2, -0.15) is 5.10 Å². The van der Waals surface area contributed by atoms with Gasteiger partial charge < -0.3 is 9.84 Å². The smallest absolute Gasteiger partial charge is 0.123 e. The molecule has 1 aromatic heterocycles. The van der Waals surface area contributed by atoms with Crippen molar-refractivity contribution in [3.05, 3.63) is 48.5 Å². The van der Waals surface area contributed by atoms with Crippen LogP contribution in [0.4, 0.5) is 4.39 Å². The minimum absolute atomic E-state index is 0.205. The number of piperidine rings is 1. The van der Waals surface area contributed by atoms with Crippen LogP contribution in [0.1, 0.15) is 19.3 Å². The van der Waals surface area contributed by atoms with E-state index in [1.165, 1.54) is 18.6 Å². The third-order valence-electron chi connectivity index (χ3n) is 4.41. The molecule has 2 atom stereocenters. The average molecular weight is 333 g/mol. The Morgan fingerprint density at radius 3 is 2.88 bits per heavy atom. The van der Waals surface area contributed by atoms with E-state index >= 15 is 0 Å². The van der Waals surface area contributed by atoms with E-state index in [-0.39, 0.29) is 12.4 Å². The summed E-state index contributed by atoms with van der Waals surface area (Å²) < 4.78 is 20.4. The quantitative estimate of drug-likeness (QED) is 0.845. The van der Waals surface area contributed by atoms with Crippen molar-refractivity contribution >= 4 is 0 Å². The van der Waals surface area contributed by atoms with E-state index in [1.807, 2.05) is 16.9 Å². The van der Waals surface area contributed by atoms with Crippen LogP contribution >= 0.6 is 0 Å². The molecule has 5 nitrogen and oxygen atoms in total. The van der Waals surface area contributed by atoms with Crippen LogP contribution in [0.3, 0.4) is 0 Å². The number of aliphatic hydroxyl groups excluding tert-OH is 1. The summed E-state index contributed by atoms with van der Waals surface area (Å²) in [5.74, 6) is 0.278. The molecule has 3 rings (SSSR count). The van der Waals surface area contributed by atoms with Gasteiger partial charge in [-0.15, -0.1) is 0 Å². The zero-order valence-electron chi connectivity index (χ0n) is 13.7. The fourth-order valence-corrected chi connectivity index (χ4v) is 3.18. The van der Waals surface area contributed by atoms with Crippen LogP contribution in [0.2, 0.25) is 0 Å². The Labute approximate surface area is 141 Å². The first kappa shape index (κ1) is 16.9. The molecule has 1 saturated heterocycles. The van der Waals surface area contributed by atoms with E-state index in [0.29, 0.717) is 18.3 Å². The van der Waals surface area contributed by atoms with Gasteiger partial charge in [-0.25, -0.2) is 4.39 Å². The van der Waals surface area contributed by atoms with Crippen molar-refractivity contribution in [2.75, 3.05) is 19.7 Å². The molecule has 2 heterocycles. The Morgan fingerprint density at radius 2 is 2.12 bits per heavy atom. The monoisotopic (exact) mass is 333 g/mol. The van der Waals surface area contributed by atoms with Gasteiger partial charge in [0.15, 0.2) is 0 Å². The standard InChI is InChI=1S/C18H24FN3O2/c19-15-5-7-18(8-6-15)24-14-17(23)13-21-10-2-1-4-16(21)12-22-11-3-9-20-22/h3,5-9,11,16-17,23H,1-2,4,10,12-14H2. The summed E-state index contributed by atoms with van der Waals surface area (Å²) in [6, 6.07) is 8.17. The summed E-state index contributed by atoms with van der Waals surface area (Å²) in [4.78, 5) is 2.32. The molecule has 2 aromatic rings. The second kappa shape index (κ2) is 8.26. The second-order valence-electron chi connectivity index (χ2n) is 6.29. The molecule has 1 aromatic carbocycles. The first-order chi connectivity index (χ1) is 11.7. The maximum Gasteiger partial charge on any atom is 0.123 e. The molecule has 1 fully saturated rings. The van der Waals surface area contributed by atoms with Crippen LogP contribution < -0.4 is 4.74 Å². The largest absolute Gasteiger partial charge is 0.491 e. The second-order valence-corrected chi connectivity index (χ2v) is 6.29. The van der Waals surface area contributed by atoms with Crippen LogP contribution in [-0.4, -0.2) is 51.6 Å². The normalized spacial score (nSPS) is 20.0. The highest BCUT2D eigenvalue weighted by Gasteiger charge is 2.25. The first-order valence-electron chi connectivity index (χ1n) is 8.48. The molecule has 0 amide bonds. The number of β-amino-alcohol motifs (C(OH)–C–C–N with tert-alkyl or cyclic N) is 1. The van der Waals surface area contributed by atoms with Gasteiger partial charge in [0.25, 0.3) is 0 Å². The number of aromatic nitrogens is 2. The lowest BCUT2D eigenvalue weighted by molar-refractivity contribution is 0.0345. The SMILES string of the molecule is OC(COc1ccc(F)cc1)CN1CCCCC1Cn1cccn1. The van der Waals surface area contributed by atoms with Crippen molar-refractivity contribution in [1.29, 1.82) is 0 Å². The summed E-state index contributed by atoms with van der Waals surface area (Å²) >= 11 is 0. The maximum atomic E-state index is 12.9. The highest BCUT2D eigenvalue weighted by Crippen LogP contribution is 2.19. The lowest BCUT2D eigenvalue weighted by Gasteiger charge is -2.36. The number of aliphatic hydroxyl groups is 1. The zero-order valence-corrected chi connectivity index (χ0v) is 13.7. The van der Waals surface area contributed by atoms with Crippen molar-refractivity contribution in [1.82, 2.24) is 14.7 Å². The molecule has 1 aliphatic rings. The summed E-state index contributed by atoms with van der Waals surface area (Å²) in [5, 5.41) is 14.6. The fourth-order valence-electron chi connectivity index (χ4n) is 3.18. The highest BCUT2D eigenvalue weighted by molar-refractivity contribution is 5.22. The lowest BCUT2D eigenvalue weighted by Crippen LogP contribution is -2.46. The molecular weight excluding hydrogens is 309 g/mol. The van der Waals surface area contributed by atoms with Crippen LogP contribution in [0.15, 0.2) is 42.7 Å². The minimum atomic E-state index is -0.576. The van der Waals surface area contributed by atoms with Gasteiger partial charge in [-0.05, 0) is 49.7 Å². The first-order valence-corrected chi connectivity index (χ1v) is 8.48. The molecule has 24 heavy (non-hydrogen) atoms. The summed E-state index contributed by atoms with van der Waals surface area (Å²) in [6.07, 6.45) is 6.67. The zero-order chi connectivity index (χ0) is 16.8. The van der Waals surface area contributed by atoms with E-state index in [2.05, 4.69) is 10.00 Å². The minimum Gasteiger partial charge on any atom is -0.491 e. The predicted molar refractivity (Wildman–Crippen MR) is 89.3 cm³/mol. The molecule has 0 spiro atoms. The summed E-state index contributed by atoms with van der Waals surface area (Å²) in [6.45, 7) is 2.61. The van der Waals surface area contributed by atoms with Crippen LogP contribution in [0, 0.1) is 5.82 Å². The number of ether oxygens (including phenoxy) is 1. The predicted octanol–water partition coefficient (Wildman–Crippen LogP) is 2.32. The van der Waals surface area contributed by atoms with Crippen molar-refractivity contribution in [2.24, 2.45) is 0 Å². The lowest BCUT2D eigenvalue weighted by atomic mass is 10.0. The number of nitrogens with zero attached hydrogens (tertiary/aromatic N) is 3. The molecule has 0 aliphatic carbocycles. The van der Waals surface area contributed by atoms with Gasteiger partial charge in [0.05, 0.1) is 6.54 Å². The van der Waals surface area contributed by atoms with E-state index in [9.17, 15) is 9.50 Å². The maximum absolute atomic E-state index is 12.9. The van der Waals surface area contributed by atoms with E-state index in [1.54, 1.807) is 18.3 Å². The Kier molecular flexibility index (Phi) is 5.82. The van der Waals surface area contributed by atoms with Crippen LogP contribution in [-0.2, 0) is 6.54 Å². The Bertz CT molecular complexity index is 603. The van der Waals surface area contributed by atoms with Crippen molar-refractivity contribution in [3.63, 3.8) is 0 Å². The summed E-state index contributed by atoms with van der Waals surface area (Å²) in [7, 11) is 0. The van der Waals surface area contributed by atoms with Crippen molar-refractivity contribution in [2.45, 2.75) is 38.0 Å². The van der Waals surface area contributed by atoms with E-state index < -0.39 is 6.10 Å². The number of rotatable bonds is 7. The third-order valence-corrected chi connectivity index (χ3v) is 4.41. The van der Waals surface area contributed by atoms with E-state index in [4.69, 9.17) is 4.74 Å².